The van der Waals surface area contributed by atoms with Crippen LogP contribution in [0.1, 0.15) is 104 Å². The van der Waals surface area contributed by atoms with Gasteiger partial charge >= 0.3 is 11.9 Å². The highest BCUT2D eigenvalue weighted by Crippen LogP contribution is 2.09. The van der Waals surface area contributed by atoms with Crippen molar-refractivity contribution in [1.82, 2.24) is 0 Å². The molecule has 35 heavy (non-hydrogen) atoms. The molecule has 4 N–H and O–H groups in total. The SMILES string of the molecule is CCC(O)CC(O)CC.CCCCc1ccc(C(=O)O)cc1.CCCCc1ccc(C(=O)O)cc1. The van der Waals surface area contributed by atoms with Gasteiger partial charge in [-0.3, -0.25) is 0 Å². The highest BCUT2D eigenvalue weighted by Gasteiger charge is 2.06. The topological polar surface area (TPSA) is 115 Å². The summed E-state index contributed by atoms with van der Waals surface area (Å²) in [6.07, 6.45) is 8.08. The number of carboxylic acids is 2. The first-order valence-electron chi connectivity index (χ1n) is 12.7. The number of unbranched alkanes of at least 4 members (excludes halogenated alkanes) is 2. The van der Waals surface area contributed by atoms with Gasteiger partial charge in [-0.25, -0.2) is 9.59 Å². The molecule has 0 radical (unpaired) electrons. The van der Waals surface area contributed by atoms with E-state index in [9.17, 15) is 9.59 Å². The van der Waals surface area contributed by atoms with Crippen LogP contribution in [0.15, 0.2) is 48.5 Å². The zero-order chi connectivity index (χ0) is 26.6. The molecule has 0 amide bonds. The van der Waals surface area contributed by atoms with Crippen LogP contribution >= 0.6 is 0 Å². The Morgan fingerprint density at radius 2 is 0.943 bits per heavy atom. The van der Waals surface area contributed by atoms with Crippen LogP contribution in [0.4, 0.5) is 0 Å². The third-order valence-electron chi connectivity index (χ3n) is 5.53. The fourth-order valence-electron chi connectivity index (χ4n) is 3.04. The molecule has 2 atom stereocenters. The summed E-state index contributed by atoms with van der Waals surface area (Å²) in [7, 11) is 0. The average molecular weight is 489 g/mol. The van der Waals surface area contributed by atoms with E-state index in [2.05, 4.69) is 13.8 Å². The standard InChI is InChI=1S/2C11H14O2.C7H16O2/c2*1-2-3-4-9-5-7-10(8-6-9)11(12)13;1-3-6(8)5-7(9)4-2/h2*5-8H,2-4H2,1H3,(H,12,13);6-9H,3-5H2,1-2H3. The van der Waals surface area contributed by atoms with Crippen LogP contribution in [0.2, 0.25) is 0 Å². The number of aryl methyl sites for hydroxylation is 2. The maximum atomic E-state index is 10.5. The third-order valence-corrected chi connectivity index (χ3v) is 5.53. The van der Waals surface area contributed by atoms with E-state index < -0.39 is 11.9 Å². The first kappa shape index (κ1) is 32.3. The maximum absolute atomic E-state index is 10.5. The van der Waals surface area contributed by atoms with Crippen LogP contribution in [0.3, 0.4) is 0 Å². The van der Waals surface area contributed by atoms with Crippen molar-refractivity contribution in [2.75, 3.05) is 0 Å². The van der Waals surface area contributed by atoms with Gasteiger partial charge in [0.2, 0.25) is 0 Å². The van der Waals surface area contributed by atoms with Gasteiger partial charge < -0.3 is 20.4 Å². The van der Waals surface area contributed by atoms with E-state index in [0.29, 0.717) is 17.5 Å². The Hall–Kier alpha value is -2.70. The highest BCUT2D eigenvalue weighted by molar-refractivity contribution is 5.87. The molecule has 2 unspecified atom stereocenters. The lowest BCUT2D eigenvalue weighted by Crippen LogP contribution is -2.15. The first-order valence-corrected chi connectivity index (χ1v) is 12.7. The molecule has 196 valence electrons. The Bertz CT molecular complexity index is 745. The Balaban J connectivity index is 0.000000506. The van der Waals surface area contributed by atoms with Crippen LogP contribution in [-0.4, -0.2) is 44.6 Å². The Morgan fingerprint density at radius 1 is 0.629 bits per heavy atom. The van der Waals surface area contributed by atoms with E-state index in [4.69, 9.17) is 20.4 Å². The summed E-state index contributed by atoms with van der Waals surface area (Å²) >= 11 is 0. The zero-order valence-corrected chi connectivity index (χ0v) is 21.7. The van der Waals surface area contributed by atoms with E-state index in [0.717, 1.165) is 38.5 Å². The quantitative estimate of drug-likeness (QED) is 0.276. The van der Waals surface area contributed by atoms with Gasteiger partial charge in [0, 0.05) is 0 Å². The summed E-state index contributed by atoms with van der Waals surface area (Å²) in [5.74, 6) is -1.72. The van der Waals surface area contributed by atoms with Crippen LogP contribution in [0, 0.1) is 0 Å². The molecule has 0 aromatic heterocycles. The molecule has 0 spiro atoms. The molecule has 2 aromatic rings. The van der Waals surface area contributed by atoms with Gasteiger partial charge in [-0.15, -0.1) is 0 Å². The molecule has 0 bridgehead atoms. The van der Waals surface area contributed by atoms with Crippen molar-refractivity contribution in [2.24, 2.45) is 0 Å². The van der Waals surface area contributed by atoms with Crippen molar-refractivity contribution in [3.8, 4) is 0 Å². The lowest BCUT2D eigenvalue weighted by Gasteiger charge is -2.11. The average Bonchev–Trinajstić information content (AvgIpc) is 2.87. The first-order chi connectivity index (χ1) is 16.7. The van der Waals surface area contributed by atoms with Crippen molar-refractivity contribution in [2.45, 2.75) is 97.7 Å². The van der Waals surface area contributed by atoms with Gasteiger partial charge in [0.05, 0.1) is 23.3 Å². The van der Waals surface area contributed by atoms with E-state index in [-0.39, 0.29) is 12.2 Å². The number of carboxylic acid groups (broad SMARTS) is 2. The van der Waals surface area contributed by atoms with E-state index >= 15 is 0 Å². The van der Waals surface area contributed by atoms with Gasteiger partial charge in [-0.2, -0.15) is 0 Å². The molecular formula is C29H44O6. The molecule has 0 heterocycles. The molecule has 0 aliphatic carbocycles. The maximum Gasteiger partial charge on any atom is 0.335 e. The molecule has 0 saturated carbocycles. The second-order valence-electron chi connectivity index (χ2n) is 8.57. The molecule has 2 rings (SSSR count). The van der Waals surface area contributed by atoms with Gasteiger partial charge in [0.15, 0.2) is 0 Å². The van der Waals surface area contributed by atoms with Gasteiger partial charge in [-0.05, 0) is 80.3 Å². The van der Waals surface area contributed by atoms with Crippen LogP contribution < -0.4 is 0 Å². The van der Waals surface area contributed by atoms with Crippen molar-refractivity contribution < 1.29 is 30.0 Å². The van der Waals surface area contributed by atoms with Crippen LogP contribution in [-0.2, 0) is 12.8 Å². The normalized spacial score (nSPS) is 11.8. The van der Waals surface area contributed by atoms with E-state index in [1.807, 2.05) is 38.1 Å². The Kier molecular flexibility index (Phi) is 18.1. The van der Waals surface area contributed by atoms with Crippen LogP contribution in [0.5, 0.6) is 0 Å². The lowest BCUT2D eigenvalue weighted by atomic mass is 10.1. The molecular weight excluding hydrogens is 444 g/mol. The largest absolute Gasteiger partial charge is 0.478 e. The molecule has 6 nitrogen and oxygen atoms in total. The summed E-state index contributed by atoms with van der Waals surface area (Å²) in [6.45, 7) is 8.11. The molecule has 0 aliphatic rings. The number of hydrogen-bond donors (Lipinski definition) is 4. The number of aromatic carboxylic acids is 2. The van der Waals surface area contributed by atoms with Crippen LogP contribution in [0.25, 0.3) is 0 Å². The van der Waals surface area contributed by atoms with Gasteiger partial charge in [0.1, 0.15) is 0 Å². The predicted molar refractivity (Wildman–Crippen MR) is 141 cm³/mol. The zero-order valence-electron chi connectivity index (χ0n) is 21.7. The van der Waals surface area contributed by atoms with Crippen molar-refractivity contribution in [1.29, 1.82) is 0 Å². The number of benzene rings is 2. The van der Waals surface area contributed by atoms with E-state index in [1.165, 1.54) is 24.0 Å². The van der Waals surface area contributed by atoms with Crippen molar-refractivity contribution in [3.05, 3.63) is 70.8 Å². The lowest BCUT2D eigenvalue weighted by molar-refractivity contribution is 0.0686. The molecule has 0 fully saturated rings. The highest BCUT2D eigenvalue weighted by atomic mass is 16.4. The minimum atomic E-state index is -0.859. The van der Waals surface area contributed by atoms with Crippen molar-refractivity contribution >= 4 is 11.9 Å². The molecule has 2 aromatic carbocycles. The fourth-order valence-corrected chi connectivity index (χ4v) is 3.04. The Morgan fingerprint density at radius 3 is 1.17 bits per heavy atom. The molecule has 0 aliphatic heterocycles. The summed E-state index contributed by atoms with van der Waals surface area (Å²) in [5, 5.41) is 35.3. The third kappa shape index (κ3) is 15.8. The van der Waals surface area contributed by atoms with Crippen molar-refractivity contribution in [3.63, 3.8) is 0 Å². The fraction of sp³-hybridized carbons (Fsp3) is 0.517. The second-order valence-corrected chi connectivity index (χ2v) is 8.57. The predicted octanol–water partition coefficient (Wildman–Crippen LogP) is 6.37. The monoisotopic (exact) mass is 488 g/mol. The summed E-state index contributed by atoms with van der Waals surface area (Å²) < 4.78 is 0. The smallest absolute Gasteiger partial charge is 0.335 e. The number of carbonyl (C=O) groups is 2. The number of aliphatic hydroxyl groups is 2. The molecule has 6 heteroatoms. The van der Waals surface area contributed by atoms with Gasteiger partial charge in [0.25, 0.3) is 0 Å². The number of rotatable bonds is 12. The minimum Gasteiger partial charge on any atom is -0.478 e. The summed E-state index contributed by atoms with van der Waals surface area (Å²) in [6, 6.07) is 14.2. The Labute approximate surface area is 210 Å². The number of aliphatic hydroxyl groups excluding tert-OH is 2. The second kappa shape index (κ2) is 19.6. The minimum absolute atomic E-state index is 0.319. The summed E-state index contributed by atoms with van der Waals surface area (Å²) in [4.78, 5) is 21.1. The molecule has 0 saturated heterocycles. The van der Waals surface area contributed by atoms with Gasteiger partial charge in [-0.1, -0.05) is 64.8 Å². The van der Waals surface area contributed by atoms with E-state index in [1.54, 1.807) is 24.3 Å². The number of hydrogen-bond acceptors (Lipinski definition) is 4. The summed E-state index contributed by atoms with van der Waals surface area (Å²) in [5.41, 5.74) is 3.15.